The highest BCUT2D eigenvalue weighted by atomic mass is 32.2. The molecule has 0 aromatic heterocycles. The summed E-state index contributed by atoms with van der Waals surface area (Å²) in [6, 6.07) is 0.476. The first-order chi connectivity index (χ1) is 15.8. The van der Waals surface area contributed by atoms with Gasteiger partial charge in [-0.25, -0.2) is 4.79 Å². The molecule has 3 atom stereocenters. The lowest BCUT2D eigenvalue weighted by atomic mass is 9.91. The number of unbranched alkanes of at least 4 members (excludes halogenated alkanes) is 1. The molecule has 0 bridgehead atoms. The maximum absolute atomic E-state index is 12.0. The van der Waals surface area contributed by atoms with Crippen molar-refractivity contribution in [2.75, 3.05) is 51.9 Å². The smallest absolute Gasteiger partial charge is 0.315 e. The summed E-state index contributed by atoms with van der Waals surface area (Å²) in [4.78, 5) is 23.4. The van der Waals surface area contributed by atoms with E-state index < -0.39 is 0 Å². The van der Waals surface area contributed by atoms with Crippen LogP contribution in [0, 0.1) is 5.41 Å². The number of thioether (sulfide) groups is 1. The third-order valence-corrected chi connectivity index (χ3v) is 7.34. The summed E-state index contributed by atoms with van der Waals surface area (Å²) in [7, 11) is 0. The van der Waals surface area contributed by atoms with Crippen LogP contribution < -0.4 is 16.0 Å². The fourth-order valence-corrected chi connectivity index (χ4v) is 5.55. The number of fused-ring (bicyclic) bond motifs is 1. The molecule has 0 aromatic rings. The van der Waals surface area contributed by atoms with Crippen molar-refractivity contribution in [1.82, 2.24) is 16.0 Å². The molecule has 2 aliphatic heterocycles. The molecule has 2 heterocycles. The van der Waals surface area contributed by atoms with Crippen LogP contribution in [0.15, 0.2) is 0 Å². The largest absolute Gasteiger partial charge is 0.379 e. The van der Waals surface area contributed by atoms with E-state index in [1.165, 1.54) is 6.42 Å². The van der Waals surface area contributed by atoms with Gasteiger partial charge < -0.3 is 30.2 Å². The number of hydrogen-bond donors (Lipinski definition) is 3. The van der Waals surface area contributed by atoms with E-state index in [2.05, 4.69) is 36.7 Å². The Morgan fingerprint density at radius 2 is 1.64 bits per heavy atom. The van der Waals surface area contributed by atoms with E-state index in [0.717, 1.165) is 44.5 Å². The summed E-state index contributed by atoms with van der Waals surface area (Å²) in [5.74, 6) is 1.09. The SMILES string of the molecule is CC(C)(C)CCCOCCOCCOCCCNC(=O)CCCCC1SC[C@H]2NC(=O)N[C@@H]12. The molecule has 2 aliphatic rings. The molecule has 0 spiro atoms. The normalized spacial score (nSPS) is 22.2. The van der Waals surface area contributed by atoms with Gasteiger partial charge >= 0.3 is 6.03 Å². The zero-order valence-electron chi connectivity index (χ0n) is 20.8. The van der Waals surface area contributed by atoms with Gasteiger partial charge in [0, 0.05) is 37.2 Å². The summed E-state index contributed by atoms with van der Waals surface area (Å²) in [6.07, 6.45) is 6.55. The maximum atomic E-state index is 12.0. The van der Waals surface area contributed by atoms with Gasteiger partial charge in [0.2, 0.25) is 5.91 Å². The highest BCUT2D eigenvalue weighted by Gasteiger charge is 2.42. The van der Waals surface area contributed by atoms with Crippen molar-refractivity contribution < 1.29 is 23.8 Å². The lowest BCUT2D eigenvalue weighted by Gasteiger charge is -2.17. The summed E-state index contributed by atoms with van der Waals surface area (Å²) >= 11 is 1.92. The number of ether oxygens (including phenoxy) is 3. The standard InChI is InChI=1S/C24H45N3O5S/c1-24(2,3)10-6-12-30-14-16-32-17-15-31-13-7-11-25-21(28)9-5-4-8-20-22-19(18-33-20)26-23(29)27-22/h19-20,22H,4-18H2,1-3H3,(H,25,28)(H2,26,27,29)/t19-,20?,22-/m1/s1. The minimum Gasteiger partial charge on any atom is -0.379 e. The fraction of sp³-hybridized carbons (Fsp3) is 0.917. The molecule has 33 heavy (non-hydrogen) atoms. The molecule has 2 saturated heterocycles. The summed E-state index contributed by atoms with van der Waals surface area (Å²) in [5, 5.41) is 9.39. The van der Waals surface area contributed by atoms with Crippen LogP contribution in [0.4, 0.5) is 4.79 Å². The molecule has 3 N–H and O–H groups in total. The van der Waals surface area contributed by atoms with Crippen LogP contribution in [-0.2, 0) is 19.0 Å². The molecule has 0 radical (unpaired) electrons. The van der Waals surface area contributed by atoms with Crippen molar-refractivity contribution in [3.8, 4) is 0 Å². The number of hydrogen-bond acceptors (Lipinski definition) is 6. The number of urea groups is 1. The van der Waals surface area contributed by atoms with Crippen molar-refractivity contribution in [2.24, 2.45) is 5.41 Å². The third kappa shape index (κ3) is 12.9. The molecular formula is C24H45N3O5S. The fourth-order valence-electron chi connectivity index (χ4n) is 4.01. The van der Waals surface area contributed by atoms with Gasteiger partial charge in [0.25, 0.3) is 0 Å². The van der Waals surface area contributed by atoms with E-state index in [1.54, 1.807) is 0 Å². The van der Waals surface area contributed by atoms with Crippen LogP contribution in [0.1, 0.15) is 65.7 Å². The number of rotatable bonds is 18. The Morgan fingerprint density at radius 3 is 2.33 bits per heavy atom. The van der Waals surface area contributed by atoms with Gasteiger partial charge in [0.05, 0.1) is 38.5 Å². The van der Waals surface area contributed by atoms with Crippen molar-refractivity contribution in [1.29, 1.82) is 0 Å². The summed E-state index contributed by atoms with van der Waals surface area (Å²) in [5.41, 5.74) is 0.369. The first-order valence-electron chi connectivity index (χ1n) is 12.5. The van der Waals surface area contributed by atoms with Crippen LogP contribution in [0.3, 0.4) is 0 Å². The van der Waals surface area contributed by atoms with Crippen LogP contribution >= 0.6 is 11.8 Å². The van der Waals surface area contributed by atoms with Crippen LogP contribution in [-0.4, -0.2) is 81.2 Å². The van der Waals surface area contributed by atoms with E-state index in [9.17, 15) is 9.59 Å². The Kier molecular flexibility index (Phi) is 13.5. The monoisotopic (exact) mass is 487 g/mol. The molecule has 2 rings (SSSR count). The molecule has 192 valence electrons. The van der Waals surface area contributed by atoms with Crippen molar-refractivity contribution in [3.05, 3.63) is 0 Å². The Hall–Kier alpha value is -1.03. The van der Waals surface area contributed by atoms with Gasteiger partial charge in [0.1, 0.15) is 0 Å². The molecule has 3 amide bonds. The molecule has 8 nitrogen and oxygen atoms in total. The average molecular weight is 488 g/mol. The zero-order valence-corrected chi connectivity index (χ0v) is 21.6. The number of amides is 3. The van der Waals surface area contributed by atoms with Gasteiger partial charge in [-0.15, -0.1) is 0 Å². The summed E-state index contributed by atoms with van der Waals surface area (Å²) < 4.78 is 16.6. The highest BCUT2D eigenvalue weighted by Crippen LogP contribution is 2.33. The van der Waals surface area contributed by atoms with Gasteiger partial charge in [-0.2, -0.15) is 11.8 Å². The first kappa shape index (κ1) is 28.2. The second kappa shape index (κ2) is 15.8. The topological polar surface area (TPSA) is 97.9 Å². The van der Waals surface area contributed by atoms with E-state index in [1.807, 2.05) is 11.8 Å². The Morgan fingerprint density at radius 1 is 0.970 bits per heavy atom. The Bertz CT molecular complexity index is 573. The van der Waals surface area contributed by atoms with E-state index in [-0.39, 0.29) is 24.0 Å². The maximum Gasteiger partial charge on any atom is 0.315 e. The molecule has 0 aliphatic carbocycles. The van der Waals surface area contributed by atoms with Gasteiger partial charge in [-0.05, 0) is 37.5 Å². The predicted molar refractivity (Wildman–Crippen MR) is 133 cm³/mol. The Balaban J connectivity index is 1.29. The molecule has 9 heteroatoms. The minimum absolute atomic E-state index is 0.0433. The Labute approximate surface area is 204 Å². The third-order valence-electron chi connectivity index (χ3n) is 5.83. The number of carbonyl (C=O) groups is 2. The van der Waals surface area contributed by atoms with Gasteiger partial charge in [-0.3, -0.25) is 4.79 Å². The summed E-state index contributed by atoms with van der Waals surface area (Å²) in [6.45, 7) is 11.1. The second-order valence-electron chi connectivity index (χ2n) is 10.1. The minimum atomic E-state index is -0.0433. The van der Waals surface area contributed by atoms with Crippen molar-refractivity contribution in [3.63, 3.8) is 0 Å². The van der Waals surface area contributed by atoms with E-state index in [0.29, 0.717) is 56.7 Å². The van der Waals surface area contributed by atoms with Crippen LogP contribution in [0.25, 0.3) is 0 Å². The first-order valence-corrected chi connectivity index (χ1v) is 13.6. The molecule has 2 fully saturated rings. The van der Waals surface area contributed by atoms with Crippen molar-refractivity contribution >= 4 is 23.7 Å². The van der Waals surface area contributed by atoms with Gasteiger partial charge in [-0.1, -0.05) is 27.2 Å². The lowest BCUT2D eigenvalue weighted by molar-refractivity contribution is -0.121. The zero-order chi connectivity index (χ0) is 23.9. The van der Waals surface area contributed by atoms with Crippen molar-refractivity contribution in [2.45, 2.75) is 83.1 Å². The quantitative estimate of drug-likeness (QED) is 0.203. The molecule has 0 saturated carbocycles. The van der Waals surface area contributed by atoms with Crippen LogP contribution in [0.2, 0.25) is 0 Å². The van der Waals surface area contributed by atoms with E-state index in [4.69, 9.17) is 14.2 Å². The second-order valence-corrected chi connectivity index (χ2v) is 11.3. The molecular weight excluding hydrogens is 442 g/mol. The highest BCUT2D eigenvalue weighted by molar-refractivity contribution is 8.00. The number of carbonyl (C=O) groups excluding carboxylic acids is 2. The predicted octanol–water partition coefficient (Wildman–Crippen LogP) is 3.09. The van der Waals surface area contributed by atoms with Crippen LogP contribution in [0.5, 0.6) is 0 Å². The molecule has 0 aromatic carbocycles. The van der Waals surface area contributed by atoms with Gasteiger partial charge in [0.15, 0.2) is 0 Å². The lowest BCUT2D eigenvalue weighted by Crippen LogP contribution is -2.36. The molecule has 1 unspecified atom stereocenters. The number of nitrogens with one attached hydrogen (secondary N) is 3. The van der Waals surface area contributed by atoms with E-state index >= 15 is 0 Å². The average Bonchev–Trinajstić information content (AvgIpc) is 3.30.